The topological polar surface area (TPSA) is 73.8 Å². The van der Waals surface area contributed by atoms with E-state index in [9.17, 15) is 5.11 Å². The van der Waals surface area contributed by atoms with Crippen molar-refractivity contribution in [2.24, 2.45) is 0 Å². The summed E-state index contributed by atoms with van der Waals surface area (Å²) in [6.45, 7) is 5.06. The molecule has 2 atom stereocenters. The zero-order chi connectivity index (χ0) is 20.3. The molecule has 0 aliphatic carbocycles. The number of aliphatic hydroxyl groups excluding tert-OH is 1. The van der Waals surface area contributed by atoms with E-state index in [1.54, 1.807) is 6.33 Å². The summed E-state index contributed by atoms with van der Waals surface area (Å²) in [6, 6.07) is 11.3. The average Bonchev–Trinajstić information content (AvgIpc) is 2.79. The number of rotatable bonds is 4. The Morgan fingerprint density at radius 3 is 2.70 bits per heavy atom. The van der Waals surface area contributed by atoms with Crippen LogP contribution < -0.4 is 10.2 Å². The molecule has 2 fully saturated rings. The van der Waals surface area contributed by atoms with E-state index < -0.39 is 0 Å². The SMILES string of the molecule is O[C@@H]1CN(c2cc(NC3CCOCC3)ncn2)CC[C@H]1N1CCc2ccccc2C1. The van der Waals surface area contributed by atoms with E-state index in [-0.39, 0.29) is 12.1 Å². The first-order valence-electron chi connectivity index (χ1n) is 11.2. The number of ether oxygens (including phenoxy) is 1. The van der Waals surface area contributed by atoms with Crippen LogP contribution in [0, 0.1) is 0 Å². The van der Waals surface area contributed by atoms with Gasteiger partial charge in [0.15, 0.2) is 0 Å². The number of aromatic nitrogens is 2. The summed E-state index contributed by atoms with van der Waals surface area (Å²) in [7, 11) is 0. The molecule has 3 aliphatic rings. The first-order chi connectivity index (χ1) is 14.8. The fourth-order valence-electron chi connectivity index (χ4n) is 5.00. The Balaban J connectivity index is 1.21. The molecule has 0 radical (unpaired) electrons. The van der Waals surface area contributed by atoms with Gasteiger partial charge in [-0.25, -0.2) is 9.97 Å². The lowest BCUT2D eigenvalue weighted by Gasteiger charge is -2.43. The fraction of sp³-hybridized carbons (Fsp3) is 0.565. The number of nitrogens with one attached hydrogen (secondary N) is 1. The number of piperidine rings is 1. The largest absolute Gasteiger partial charge is 0.390 e. The van der Waals surface area contributed by atoms with Crippen LogP contribution in [0.25, 0.3) is 0 Å². The van der Waals surface area contributed by atoms with E-state index in [1.165, 1.54) is 11.1 Å². The van der Waals surface area contributed by atoms with Gasteiger partial charge in [0, 0.05) is 57.5 Å². The van der Waals surface area contributed by atoms with E-state index in [2.05, 4.69) is 49.4 Å². The maximum atomic E-state index is 11.0. The summed E-state index contributed by atoms with van der Waals surface area (Å²) in [6.07, 6.45) is 5.25. The van der Waals surface area contributed by atoms with Gasteiger partial charge < -0.3 is 20.1 Å². The zero-order valence-electron chi connectivity index (χ0n) is 17.4. The normalized spacial score (nSPS) is 25.7. The van der Waals surface area contributed by atoms with Gasteiger partial charge in [-0.1, -0.05) is 24.3 Å². The van der Waals surface area contributed by atoms with Crippen LogP contribution in [0.2, 0.25) is 0 Å². The van der Waals surface area contributed by atoms with Gasteiger partial charge in [-0.05, 0) is 36.8 Å². The molecule has 0 unspecified atom stereocenters. The highest BCUT2D eigenvalue weighted by Crippen LogP contribution is 2.27. The third-order valence-electron chi connectivity index (χ3n) is 6.73. The molecule has 3 aliphatic heterocycles. The Kier molecular flexibility index (Phi) is 5.84. The third kappa shape index (κ3) is 4.29. The highest BCUT2D eigenvalue weighted by molar-refractivity contribution is 5.49. The maximum absolute atomic E-state index is 11.0. The van der Waals surface area contributed by atoms with Crippen molar-refractivity contribution in [2.45, 2.75) is 50.4 Å². The first kappa shape index (κ1) is 19.7. The summed E-state index contributed by atoms with van der Waals surface area (Å²) in [5, 5.41) is 14.5. The van der Waals surface area contributed by atoms with Crippen molar-refractivity contribution >= 4 is 11.6 Å². The van der Waals surface area contributed by atoms with Crippen molar-refractivity contribution < 1.29 is 9.84 Å². The minimum Gasteiger partial charge on any atom is -0.390 e. The van der Waals surface area contributed by atoms with Gasteiger partial charge in [0.1, 0.15) is 18.0 Å². The van der Waals surface area contributed by atoms with Gasteiger partial charge in [0.2, 0.25) is 0 Å². The molecule has 1 aromatic heterocycles. The fourth-order valence-corrected chi connectivity index (χ4v) is 5.00. The zero-order valence-corrected chi connectivity index (χ0v) is 17.4. The average molecular weight is 410 g/mol. The van der Waals surface area contributed by atoms with E-state index >= 15 is 0 Å². The Labute approximate surface area is 178 Å². The third-order valence-corrected chi connectivity index (χ3v) is 6.73. The molecule has 0 spiro atoms. The minimum absolute atomic E-state index is 0.205. The monoisotopic (exact) mass is 409 g/mol. The molecule has 160 valence electrons. The van der Waals surface area contributed by atoms with Crippen molar-refractivity contribution in [3.63, 3.8) is 0 Å². The molecule has 1 aromatic carbocycles. The predicted molar refractivity (Wildman–Crippen MR) is 117 cm³/mol. The summed E-state index contributed by atoms with van der Waals surface area (Å²) in [5.41, 5.74) is 2.85. The highest BCUT2D eigenvalue weighted by Gasteiger charge is 2.34. The van der Waals surface area contributed by atoms with Crippen LogP contribution in [0.1, 0.15) is 30.4 Å². The van der Waals surface area contributed by atoms with Crippen LogP contribution in [0.5, 0.6) is 0 Å². The van der Waals surface area contributed by atoms with Gasteiger partial charge in [-0.3, -0.25) is 4.90 Å². The van der Waals surface area contributed by atoms with E-state index in [4.69, 9.17) is 4.74 Å². The van der Waals surface area contributed by atoms with Crippen LogP contribution in [-0.4, -0.2) is 71.0 Å². The van der Waals surface area contributed by atoms with Crippen LogP contribution >= 0.6 is 0 Å². The number of fused-ring (bicyclic) bond motifs is 1. The van der Waals surface area contributed by atoms with Gasteiger partial charge >= 0.3 is 0 Å². The summed E-state index contributed by atoms with van der Waals surface area (Å²) < 4.78 is 5.43. The lowest BCUT2D eigenvalue weighted by molar-refractivity contribution is 0.0293. The standard InChI is InChI=1S/C23H31N5O2/c29-21-15-28(23-13-22(24-16-25-23)26-19-7-11-30-12-8-19)10-6-20(21)27-9-5-17-3-1-2-4-18(17)14-27/h1-4,13,16,19-21,29H,5-12,14-15H2,(H,24,25,26)/t20-,21-/m1/s1. The molecular weight excluding hydrogens is 378 g/mol. The predicted octanol–water partition coefficient (Wildman–Crippen LogP) is 2.07. The first-order valence-corrected chi connectivity index (χ1v) is 11.2. The second-order valence-corrected chi connectivity index (χ2v) is 8.65. The molecule has 7 nitrogen and oxygen atoms in total. The maximum Gasteiger partial charge on any atom is 0.134 e. The lowest BCUT2D eigenvalue weighted by Crippen LogP contribution is -2.55. The molecule has 2 aromatic rings. The number of benzene rings is 1. The number of hydrogen-bond acceptors (Lipinski definition) is 7. The van der Waals surface area contributed by atoms with E-state index in [0.29, 0.717) is 12.6 Å². The smallest absolute Gasteiger partial charge is 0.134 e. The number of β-amino-alcohol motifs (C(OH)–C–C–N with tert-alkyl or cyclic N) is 1. The molecule has 0 amide bonds. The van der Waals surface area contributed by atoms with Crippen LogP contribution in [0.4, 0.5) is 11.6 Å². The van der Waals surface area contributed by atoms with Crippen LogP contribution in [-0.2, 0) is 17.7 Å². The molecule has 2 N–H and O–H groups in total. The van der Waals surface area contributed by atoms with Gasteiger partial charge in [-0.15, -0.1) is 0 Å². The van der Waals surface area contributed by atoms with Gasteiger partial charge in [0.05, 0.1) is 6.10 Å². The number of nitrogens with zero attached hydrogens (tertiary/aromatic N) is 4. The Morgan fingerprint density at radius 1 is 1.03 bits per heavy atom. The molecule has 0 bridgehead atoms. The van der Waals surface area contributed by atoms with Gasteiger partial charge in [-0.2, -0.15) is 0 Å². The molecule has 0 saturated carbocycles. The lowest BCUT2D eigenvalue weighted by atomic mass is 9.94. The number of hydrogen-bond donors (Lipinski definition) is 2. The summed E-state index contributed by atoms with van der Waals surface area (Å²) in [4.78, 5) is 13.5. The summed E-state index contributed by atoms with van der Waals surface area (Å²) in [5.74, 6) is 1.75. The second-order valence-electron chi connectivity index (χ2n) is 8.65. The molecular formula is C23H31N5O2. The Hall–Kier alpha value is -2.22. The highest BCUT2D eigenvalue weighted by atomic mass is 16.5. The van der Waals surface area contributed by atoms with Crippen molar-refractivity contribution in [3.8, 4) is 0 Å². The second kappa shape index (κ2) is 8.88. The van der Waals surface area contributed by atoms with Crippen molar-refractivity contribution in [3.05, 3.63) is 47.8 Å². The molecule has 30 heavy (non-hydrogen) atoms. The van der Waals surface area contributed by atoms with Crippen LogP contribution in [0.3, 0.4) is 0 Å². The van der Waals surface area contributed by atoms with Crippen molar-refractivity contribution in [1.82, 2.24) is 14.9 Å². The van der Waals surface area contributed by atoms with Gasteiger partial charge in [0.25, 0.3) is 0 Å². The molecule has 4 heterocycles. The Morgan fingerprint density at radius 2 is 1.87 bits per heavy atom. The van der Waals surface area contributed by atoms with Crippen LogP contribution in [0.15, 0.2) is 36.7 Å². The van der Waals surface area contributed by atoms with Crippen molar-refractivity contribution in [1.29, 1.82) is 0 Å². The number of aliphatic hydroxyl groups is 1. The minimum atomic E-state index is -0.383. The molecule has 5 rings (SSSR count). The van der Waals surface area contributed by atoms with Crippen molar-refractivity contribution in [2.75, 3.05) is 43.1 Å². The van der Waals surface area contributed by atoms with E-state index in [0.717, 1.165) is 70.2 Å². The van der Waals surface area contributed by atoms with E-state index in [1.807, 2.05) is 6.07 Å². The molecule has 7 heteroatoms. The number of anilines is 2. The molecule has 2 saturated heterocycles. The Bertz CT molecular complexity index is 857. The quantitative estimate of drug-likeness (QED) is 0.801. The summed E-state index contributed by atoms with van der Waals surface area (Å²) >= 11 is 0.